The van der Waals surface area contributed by atoms with Crippen molar-refractivity contribution in [3.8, 4) is 0 Å². The fourth-order valence-electron chi connectivity index (χ4n) is 2.75. The summed E-state index contributed by atoms with van der Waals surface area (Å²) in [5.74, 6) is 0.0563. The maximum atomic E-state index is 13.0. The molecule has 0 amide bonds. The molecule has 5 heteroatoms. The molecule has 0 bridgehead atoms. The normalized spacial score (nSPS) is 23.4. The molecule has 1 aromatic carbocycles. The van der Waals surface area contributed by atoms with Gasteiger partial charge in [-0.25, -0.2) is 12.8 Å². The zero-order chi connectivity index (χ0) is 14.0. The largest absolute Gasteiger partial charge is 0.396 e. The van der Waals surface area contributed by atoms with Gasteiger partial charge >= 0.3 is 0 Å². The number of benzene rings is 1. The zero-order valence-corrected chi connectivity index (χ0v) is 11.8. The fraction of sp³-hybridized carbons (Fsp3) is 0.571. The molecule has 19 heavy (non-hydrogen) atoms. The number of aliphatic hydroxyl groups excluding tert-OH is 1. The van der Waals surface area contributed by atoms with Gasteiger partial charge in [0.2, 0.25) is 0 Å². The first kappa shape index (κ1) is 14.5. The molecule has 1 N–H and O–H groups in total. The number of hydrogen-bond acceptors (Lipinski definition) is 3. The quantitative estimate of drug-likeness (QED) is 0.917. The maximum Gasteiger partial charge on any atom is 0.150 e. The van der Waals surface area contributed by atoms with Gasteiger partial charge in [-0.05, 0) is 54.9 Å². The van der Waals surface area contributed by atoms with Crippen LogP contribution in [-0.2, 0) is 16.3 Å². The second-order valence-corrected chi connectivity index (χ2v) is 7.61. The van der Waals surface area contributed by atoms with Crippen molar-refractivity contribution < 1.29 is 17.9 Å². The van der Waals surface area contributed by atoms with E-state index in [1.54, 1.807) is 6.07 Å². The van der Waals surface area contributed by atoms with Gasteiger partial charge in [0, 0.05) is 6.61 Å². The van der Waals surface area contributed by atoms with E-state index in [0.29, 0.717) is 12.8 Å². The van der Waals surface area contributed by atoms with E-state index < -0.39 is 9.84 Å². The van der Waals surface area contributed by atoms with E-state index in [-0.39, 0.29) is 35.8 Å². The summed E-state index contributed by atoms with van der Waals surface area (Å²) in [6.45, 7) is 1.80. The summed E-state index contributed by atoms with van der Waals surface area (Å²) < 4.78 is 36.0. The van der Waals surface area contributed by atoms with Gasteiger partial charge in [-0.1, -0.05) is 6.07 Å². The molecule has 2 unspecified atom stereocenters. The van der Waals surface area contributed by atoms with E-state index in [0.717, 1.165) is 11.1 Å². The Hall–Kier alpha value is -0.940. The molecular weight excluding hydrogens is 267 g/mol. The van der Waals surface area contributed by atoms with Gasteiger partial charge in [0.15, 0.2) is 9.84 Å². The van der Waals surface area contributed by atoms with E-state index in [1.165, 1.54) is 12.1 Å². The molecule has 2 rings (SSSR count). The molecule has 0 saturated carbocycles. The van der Waals surface area contributed by atoms with Crippen LogP contribution >= 0.6 is 0 Å². The monoisotopic (exact) mass is 286 g/mol. The molecule has 1 fully saturated rings. The minimum Gasteiger partial charge on any atom is -0.396 e. The molecule has 106 valence electrons. The van der Waals surface area contributed by atoms with E-state index in [4.69, 9.17) is 0 Å². The van der Waals surface area contributed by atoms with Crippen LogP contribution in [0.2, 0.25) is 0 Å². The number of sulfone groups is 1. The van der Waals surface area contributed by atoms with Crippen LogP contribution in [0.1, 0.15) is 17.5 Å². The molecule has 0 aromatic heterocycles. The van der Waals surface area contributed by atoms with Crippen molar-refractivity contribution in [2.75, 3.05) is 18.1 Å². The van der Waals surface area contributed by atoms with Crippen LogP contribution in [0.3, 0.4) is 0 Å². The number of aryl methyl sites for hydroxylation is 1. The standard InChI is InChI=1S/C14H19FO3S/c1-10-6-14(15)3-2-11(10)7-13(8-16)12-4-5-19(17,18)9-12/h2-3,6,12-13,16H,4-5,7-9H2,1H3. The van der Waals surface area contributed by atoms with Gasteiger partial charge < -0.3 is 5.11 Å². The van der Waals surface area contributed by atoms with Crippen LogP contribution in [0, 0.1) is 24.6 Å². The second-order valence-electron chi connectivity index (χ2n) is 5.38. The van der Waals surface area contributed by atoms with Gasteiger partial charge in [0.25, 0.3) is 0 Å². The number of hydrogen-bond donors (Lipinski definition) is 1. The molecule has 1 aliphatic heterocycles. The number of halogens is 1. The van der Waals surface area contributed by atoms with Crippen molar-refractivity contribution in [1.29, 1.82) is 0 Å². The highest BCUT2D eigenvalue weighted by atomic mass is 32.2. The second kappa shape index (κ2) is 5.59. The van der Waals surface area contributed by atoms with Crippen molar-refractivity contribution >= 4 is 9.84 Å². The van der Waals surface area contributed by atoms with E-state index in [1.807, 2.05) is 6.92 Å². The maximum absolute atomic E-state index is 13.0. The first-order valence-corrected chi connectivity index (χ1v) is 8.30. The lowest BCUT2D eigenvalue weighted by Gasteiger charge is -2.21. The zero-order valence-electron chi connectivity index (χ0n) is 11.0. The predicted octanol–water partition coefficient (Wildman–Crippen LogP) is 1.72. The van der Waals surface area contributed by atoms with Crippen molar-refractivity contribution in [2.45, 2.75) is 19.8 Å². The lowest BCUT2D eigenvalue weighted by Crippen LogP contribution is -2.22. The molecule has 1 heterocycles. The molecule has 0 aliphatic carbocycles. The van der Waals surface area contributed by atoms with Crippen LogP contribution in [-0.4, -0.2) is 31.6 Å². The van der Waals surface area contributed by atoms with Gasteiger partial charge in [-0.15, -0.1) is 0 Å². The minimum atomic E-state index is -2.93. The third kappa shape index (κ3) is 3.54. The van der Waals surface area contributed by atoms with E-state index >= 15 is 0 Å². The van der Waals surface area contributed by atoms with Crippen LogP contribution < -0.4 is 0 Å². The van der Waals surface area contributed by atoms with Crippen molar-refractivity contribution in [3.05, 3.63) is 35.1 Å². The third-order valence-electron chi connectivity index (χ3n) is 3.96. The average Bonchev–Trinajstić information content (AvgIpc) is 2.69. The summed E-state index contributed by atoms with van der Waals surface area (Å²) in [6.07, 6.45) is 1.22. The molecule has 1 saturated heterocycles. The Morgan fingerprint density at radius 1 is 1.47 bits per heavy atom. The third-order valence-corrected chi connectivity index (χ3v) is 5.75. The Balaban J connectivity index is 2.11. The summed E-state index contributed by atoms with van der Waals surface area (Å²) in [7, 11) is -2.93. The minimum absolute atomic E-state index is 0.0134. The summed E-state index contributed by atoms with van der Waals surface area (Å²) >= 11 is 0. The Labute approximate surface area is 113 Å². The Morgan fingerprint density at radius 2 is 2.21 bits per heavy atom. The van der Waals surface area contributed by atoms with Crippen LogP contribution in [0.5, 0.6) is 0 Å². The average molecular weight is 286 g/mol. The van der Waals surface area contributed by atoms with Crippen molar-refractivity contribution in [3.63, 3.8) is 0 Å². The Kier molecular flexibility index (Phi) is 4.26. The van der Waals surface area contributed by atoms with Gasteiger partial charge in [-0.2, -0.15) is 0 Å². The summed E-state index contributed by atoms with van der Waals surface area (Å²) in [5.41, 5.74) is 1.82. The van der Waals surface area contributed by atoms with E-state index in [2.05, 4.69) is 0 Å². The summed E-state index contributed by atoms with van der Waals surface area (Å²) in [6, 6.07) is 4.59. The highest BCUT2D eigenvalue weighted by Crippen LogP contribution is 2.29. The highest BCUT2D eigenvalue weighted by Gasteiger charge is 2.33. The molecule has 3 nitrogen and oxygen atoms in total. The van der Waals surface area contributed by atoms with Gasteiger partial charge in [0.05, 0.1) is 11.5 Å². The first-order chi connectivity index (χ1) is 8.91. The molecule has 1 aliphatic rings. The van der Waals surface area contributed by atoms with Crippen molar-refractivity contribution in [1.82, 2.24) is 0 Å². The summed E-state index contributed by atoms with van der Waals surface area (Å²) in [4.78, 5) is 0. The van der Waals surface area contributed by atoms with E-state index in [9.17, 15) is 17.9 Å². The smallest absolute Gasteiger partial charge is 0.150 e. The van der Waals surface area contributed by atoms with Crippen LogP contribution in [0.4, 0.5) is 4.39 Å². The lowest BCUT2D eigenvalue weighted by molar-refractivity contribution is 0.184. The Bertz CT molecular complexity index is 554. The first-order valence-electron chi connectivity index (χ1n) is 6.47. The molecular formula is C14H19FO3S. The Morgan fingerprint density at radius 3 is 2.74 bits per heavy atom. The van der Waals surface area contributed by atoms with Crippen LogP contribution in [0.25, 0.3) is 0 Å². The molecule has 1 aromatic rings. The van der Waals surface area contributed by atoms with Gasteiger partial charge in [0.1, 0.15) is 5.82 Å². The predicted molar refractivity (Wildman–Crippen MR) is 72.2 cm³/mol. The molecule has 0 spiro atoms. The summed E-state index contributed by atoms with van der Waals surface area (Å²) in [5, 5.41) is 9.49. The molecule has 0 radical (unpaired) electrons. The molecule has 2 atom stereocenters. The number of rotatable bonds is 4. The van der Waals surface area contributed by atoms with Crippen molar-refractivity contribution in [2.24, 2.45) is 11.8 Å². The lowest BCUT2D eigenvalue weighted by atomic mass is 9.86. The van der Waals surface area contributed by atoms with Gasteiger partial charge in [-0.3, -0.25) is 0 Å². The number of aliphatic hydroxyl groups is 1. The topological polar surface area (TPSA) is 54.4 Å². The van der Waals surface area contributed by atoms with Crippen LogP contribution in [0.15, 0.2) is 18.2 Å². The highest BCUT2D eigenvalue weighted by molar-refractivity contribution is 7.91. The fourth-order valence-corrected chi connectivity index (χ4v) is 4.67. The SMILES string of the molecule is Cc1cc(F)ccc1CC(CO)C1CCS(=O)(=O)C1.